The quantitative estimate of drug-likeness (QED) is 0.377. The third-order valence-corrected chi connectivity index (χ3v) is 1.14. The van der Waals surface area contributed by atoms with Gasteiger partial charge >= 0.3 is 5.97 Å². The highest BCUT2D eigenvalue weighted by molar-refractivity contribution is 5.68. The molecule has 0 amide bonds. The second-order valence-corrected chi connectivity index (χ2v) is 3.03. The van der Waals surface area contributed by atoms with Gasteiger partial charge in [0.1, 0.15) is 0 Å². The molecule has 1 N–H and O–H groups in total. The lowest BCUT2D eigenvalue weighted by Crippen LogP contribution is -2.22. The van der Waals surface area contributed by atoms with E-state index in [-0.39, 0.29) is 5.97 Å². The van der Waals surface area contributed by atoms with E-state index in [4.69, 9.17) is 0 Å². The molecule has 0 aliphatic heterocycles. The van der Waals surface area contributed by atoms with Crippen molar-refractivity contribution in [3.8, 4) is 0 Å². The number of carbonyl (C=O) groups excluding carboxylic acids is 1. The minimum absolute atomic E-state index is 0.339. The standard InChI is InChI=1S/C8H17NO3/c1-4-5-8(10)11-12-9-6-7(2)3/h7,9H,4-6H2,1-3H3. The summed E-state index contributed by atoms with van der Waals surface area (Å²) < 4.78 is 0. The lowest BCUT2D eigenvalue weighted by molar-refractivity contribution is -0.309. The van der Waals surface area contributed by atoms with E-state index in [1.165, 1.54) is 0 Å². The molecule has 0 saturated carbocycles. The first-order valence-electron chi connectivity index (χ1n) is 4.26. The van der Waals surface area contributed by atoms with Crippen LogP contribution in [0.15, 0.2) is 0 Å². The highest BCUT2D eigenvalue weighted by Crippen LogP contribution is 1.91. The predicted molar refractivity (Wildman–Crippen MR) is 44.9 cm³/mol. The van der Waals surface area contributed by atoms with Crippen LogP contribution < -0.4 is 5.48 Å². The number of hydrogen-bond donors (Lipinski definition) is 1. The highest BCUT2D eigenvalue weighted by Gasteiger charge is 2.01. The summed E-state index contributed by atoms with van der Waals surface area (Å²) in [6, 6.07) is 0. The van der Waals surface area contributed by atoms with E-state index in [1.807, 2.05) is 20.8 Å². The fourth-order valence-corrected chi connectivity index (χ4v) is 0.522. The van der Waals surface area contributed by atoms with Crippen LogP contribution in [0.3, 0.4) is 0 Å². The van der Waals surface area contributed by atoms with Gasteiger partial charge in [-0.25, -0.2) is 4.79 Å². The van der Waals surface area contributed by atoms with Crippen LogP contribution in [-0.4, -0.2) is 12.5 Å². The van der Waals surface area contributed by atoms with Gasteiger partial charge in [-0.1, -0.05) is 25.8 Å². The maximum Gasteiger partial charge on any atom is 0.344 e. The van der Waals surface area contributed by atoms with Crippen molar-refractivity contribution < 1.29 is 14.7 Å². The molecule has 0 bridgehead atoms. The van der Waals surface area contributed by atoms with E-state index < -0.39 is 0 Å². The van der Waals surface area contributed by atoms with E-state index in [1.54, 1.807) is 0 Å². The molecule has 0 aromatic rings. The van der Waals surface area contributed by atoms with Gasteiger partial charge in [0.2, 0.25) is 0 Å². The van der Waals surface area contributed by atoms with Crippen molar-refractivity contribution in [3.05, 3.63) is 0 Å². The van der Waals surface area contributed by atoms with Gasteiger partial charge in [-0.2, -0.15) is 5.48 Å². The summed E-state index contributed by atoms with van der Waals surface area (Å²) in [5.41, 5.74) is 2.53. The smallest absolute Gasteiger partial charge is 0.280 e. The lowest BCUT2D eigenvalue weighted by Gasteiger charge is -2.05. The second-order valence-electron chi connectivity index (χ2n) is 3.03. The Balaban J connectivity index is 3.14. The number of hydroxylamine groups is 1. The molecule has 0 aliphatic carbocycles. The predicted octanol–water partition coefficient (Wildman–Crippen LogP) is 1.42. The van der Waals surface area contributed by atoms with Gasteiger partial charge < -0.3 is 0 Å². The zero-order valence-electron chi connectivity index (χ0n) is 7.92. The topological polar surface area (TPSA) is 47.6 Å². The first-order chi connectivity index (χ1) is 5.66. The van der Waals surface area contributed by atoms with Crippen LogP contribution in [0.2, 0.25) is 0 Å². The monoisotopic (exact) mass is 175 g/mol. The third kappa shape index (κ3) is 7.50. The Bertz CT molecular complexity index is 125. The first-order valence-corrected chi connectivity index (χ1v) is 4.26. The number of rotatable bonds is 6. The van der Waals surface area contributed by atoms with Crippen molar-refractivity contribution in [1.29, 1.82) is 0 Å². The number of carbonyl (C=O) groups is 1. The van der Waals surface area contributed by atoms with Crippen molar-refractivity contribution in [2.24, 2.45) is 5.92 Å². The molecule has 72 valence electrons. The van der Waals surface area contributed by atoms with Crippen LogP contribution in [0.1, 0.15) is 33.6 Å². The third-order valence-electron chi connectivity index (χ3n) is 1.14. The van der Waals surface area contributed by atoms with Crippen molar-refractivity contribution in [2.45, 2.75) is 33.6 Å². The average Bonchev–Trinajstić information content (AvgIpc) is 1.98. The van der Waals surface area contributed by atoms with Crippen molar-refractivity contribution >= 4 is 5.97 Å². The van der Waals surface area contributed by atoms with E-state index in [9.17, 15) is 4.79 Å². The summed E-state index contributed by atoms with van der Waals surface area (Å²) in [6.45, 7) is 6.64. The Hall–Kier alpha value is -0.610. The van der Waals surface area contributed by atoms with Crippen molar-refractivity contribution in [1.82, 2.24) is 5.48 Å². The normalized spacial score (nSPS) is 10.3. The largest absolute Gasteiger partial charge is 0.344 e. The Morgan fingerprint density at radius 1 is 1.50 bits per heavy atom. The molecular weight excluding hydrogens is 158 g/mol. The molecule has 0 heterocycles. The van der Waals surface area contributed by atoms with Crippen molar-refractivity contribution in [3.63, 3.8) is 0 Å². The van der Waals surface area contributed by atoms with E-state index in [2.05, 4.69) is 15.4 Å². The van der Waals surface area contributed by atoms with Crippen LogP contribution in [-0.2, 0) is 14.7 Å². The Morgan fingerprint density at radius 3 is 2.67 bits per heavy atom. The highest BCUT2D eigenvalue weighted by atomic mass is 17.3. The Kier molecular flexibility index (Phi) is 6.70. The molecule has 4 nitrogen and oxygen atoms in total. The minimum Gasteiger partial charge on any atom is -0.280 e. The van der Waals surface area contributed by atoms with Crippen LogP contribution in [0, 0.1) is 5.92 Å². The molecule has 0 spiro atoms. The SMILES string of the molecule is CCCC(=O)OONCC(C)C. The zero-order valence-corrected chi connectivity index (χ0v) is 7.92. The summed E-state index contributed by atoms with van der Waals surface area (Å²) in [5.74, 6) is 0.128. The molecular formula is C8H17NO3. The molecule has 0 unspecified atom stereocenters. The van der Waals surface area contributed by atoms with E-state index >= 15 is 0 Å². The molecule has 0 radical (unpaired) electrons. The average molecular weight is 175 g/mol. The number of nitrogens with one attached hydrogen (secondary N) is 1. The summed E-state index contributed by atoms with van der Waals surface area (Å²) in [5, 5.41) is 0. The molecule has 0 aromatic carbocycles. The van der Waals surface area contributed by atoms with Gasteiger partial charge in [-0.05, 0) is 12.3 Å². The van der Waals surface area contributed by atoms with Gasteiger partial charge in [-0.15, -0.1) is 0 Å². The maximum absolute atomic E-state index is 10.7. The molecule has 0 atom stereocenters. The van der Waals surface area contributed by atoms with Gasteiger partial charge in [0.15, 0.2) is 0 Å². The van der Waals surface area contributed by atoms with E-state index in [0.29, 0.717) is 18.9 Å². The Labute approximate surface area is 73.1 Å². The molecule has 0 rings (SSSR count). The molecule has 12 heavy (non-hydrogen) atoms. The van der Waals surface area contributed by atoms with Crippen LogP contribution >= 0.6 is 0 Å². The van der Waals surface area contributed by atoms with Gasteiger partial charge in [0, 0.05) is 13.0 Å². The molecule has 0 aliphatic rings. The first kappa shape index (κ1) is 11.4. The summed E-state index contributed by atoms with van der Waals surface area (Å²) in [6.07, 6.45) is 1.16. The summed E-state index contributed by atoms with van der Waals surface area (Å²) in [7, 11) is 0. The Morgan fingerprint density at radius 2 is 2.17 bits per heavy atom. The lowest BCUT2D eigenvalue weighted by atomic mass is 10.2. The molecule has 0 fully saturated rings. The molecule has 0 saturated heterocycles. The van der Waals surface area contributed by atoms with Crippen LogP contribution in [0.25, 0.3) is 0 Å². The van der Waals surface area contributed by atoms with Crippen LogP contribution in [0.4, 0.5) is 0 Å². The minimum atomic E-state index is -0.339. The summed E-state index contributed by atoms with van der Waals surface area (Å²) >= 11 is 0. The fraction of sp³-hybridized carbons (Fsp3) is 0.875. The van der Waals surface area contributed by atoms with Crippen LogP contribution in [0.5, 0.6) is 0 Å². The fourth-order valence-electron chi connectivity index (χ4n) is 0.522. The maximum atomic E-state index is 10.7. The van der Waals surface area contributed by atoms with Gasteiger partial charge in [0.05, 0.1) is 0 Å². The van der Waals surface area contributed by atoms with Crippen molar-refractivity contribution in [2.75, 3.05) is 6.54 Å². The number of hydrogen-bond acceptors (Lipinski definition) is 4. The van der Waals surface area contributed by atoms with E-state index in [0.717, 1.165) is 6.42 Å². The molecule has 4 heteroatoms. The second kappa shape index (κ2) is 7.06. The zero-order chi connectivity index (χ0) is 9.40. The molecule has 0 aromatic heterocycles. The van der Waals surface area contributed by atoms with Gasteiger partial charge in [-0.3, -0.25) is 4.89 Å². The van der Waals surface area contributed by atoms with Gasteiger partial charge in [0.25, 0.3) is 0 Å². The summed E-state index contributed by atoms with van der Waals surface area (Å²) in [4.78, 5) is 19.5.